The van der Waals surface area contributed by atoms with E-state index < -0.39 is 0 Å². The summed E-state index contributed by atoms with van der Waals surface area (Å²) in [6.45, 7) is 9.10. The van der Waals surface area contributed by atoms with Crippen LogP contribution in [0.4, 0.5) is 11.4 Å². The number of amides is 1. The summed E-state index contributed by atoms with van der Waals surface area (Å²) in [7, 11) is 0. The number of ether oxygens (including phenoxy) is 1. The van der Waals surface area contributed by atoms with Crippen LogP contribution in [0.25, 0.3) is 0 Å². The molecule has 2 aromatic carbocycles. The van der Waals surface area contributed by atoms with E-state index in [1.165, 1.54) is 5.56 Å². The van der Waals surface area contributed by atoms with E-state index in [4.69, 9.17) is 9.73 Å². The molecule has 0 radical (unpaired) electrons. The first kappa shape index (κ1) is 16.8. The van der Waals surface area contributed by atoms with Gasteiger partial charge >= 0.3 is 0 Å². The predicted molar refractivity (Wildman–Crippen MR) is 105 cm³/mol. The second-order valence-corrected chi connectivity index (χ2v) is 7.69. The fourth-order valence-electron chi connectivity index (χ4n) is 4.27. The maximum Gasteiger partial charge on any atom is 0.278 e. The van der Waals surface area contributed by atoms with Crippen LogP contribution in [-0.4, -0.2) is 23.8 Å². The van der Waals surface area contributed by atoms with Crippen molar-refractivity contribution in [2.45, 2.75) is 45.6 Å². The molecule has 2 aliphatic rings. The normalized spacial score (nSPS) is 21.8. The van der Waals surface area contributed by atoms with Gasteiger partial charge in [-0.1, -0.05) is 25.1 Å². The van der Waals surface area contributed by atoms with E-state index in [2.05, 4.69) is 26.8 Å². The van der Waals surface area contributed by atoms with Gasteiger partial charge in [-0.3, -0.25) is 4.79 Å². The van der Waals surface area contributed by atoms with Crippen molar-refractivity contribution in [1.82, 2.24) is 0 Å². The summed E-state index contributed by atoms with van der Waals surface area (Å²) in [4.78, 5) is 19.9. The highest BCUT2D eigenvalue weighted by Gasteiger charge is 2.47. The van der Waals surface area contributed by atoms with Crippen LogP contribution in [0.2, 0.25) is 0 Å². The van der Waals surface area contributed by atoms with E-state index in [-0.39, 0.29) is 11.4 Å². The molecule has 1 atom stereocenters. The average Bonchev–Trinajstić information content (AvgIpc) is 2.88. The van der Waals surface area contributed by atoms with Crippen LogP contribution in [-0.2, 0) is 4.79 Å². The fourth-order valence-corrected chi connectivity index (χ4v) is 4.27. The molecule has 0 spiro atoms. The zero-order valence-corrected chi connectivity index (χ0v) is 15.7. The van der Waals surface area contributed by atoms with E-state index in [0.717, 1.165) is 29.1 Å². The number of para-hydroxylation sites is 1. The number of benzene rings is 2. The minimum absolute atomic E-state index is 0.00163. The largest absolute Gasteiger partial charge is 0.494 e. The van der Waals surface area contributed by atoms with E-state index >= 15 is 0 Å². The molecule has 134 valence electrons. The molecular weight excluding hydrogens is 324 g/mol. The lowest BCUT2D eigenvalue weighted by Gasteiger charge is -2.43. The number of nitrogens with zero attached hydrogens (tertiary/aromatic N) is 2. The number of carbonyl (C=O) groups is 1. The highest BCUT2D eigenvalue weighted by molar-refractivity contribution is 6.55. The first-order valence-corrected chi connectivity index (χ1v) is 9.22. The minimum Gasteiger partial charge on any atom is -0.494 e. The third-order valence-electron chi connectivity index (χ3n) is 5.28. The van der Waals surface area contributed by atoms with Crippen molar-refractivity contribution in [1.29, 1.82) is 0 Å². The van der Waals surface area contributed by atoms with Crippen molar-refractivity contribution in [2.75, 3.05) is 11.5 Å². The lowest BCUT2D eigenvalue weighted by molar-refractivity contribution is -0.113. The van der Waals surface area contributed by atoms with E-state index in [0.29, 0.717) is 18.2 Å². The maximum absolute atomic E-state index is 13.2. The number of rotatable bonds is 3. The molecule has 2 aromatic rings. The Morgan fingerprint density at radius 3 is 2.62 bits per heavy atom. The Hall–Kier alpha value is -2.62. The monoisotopic (exact) mass is 348 g/mol. The molecule has 2 heterocycles. The number of hydrogen-bond donors (Lipinski definition) is 0. The van der Waals surface area contributed by atoms with Crippen LogP contribution in [0.15, 0.2) is 47.5 Å². The Bertz CT molecular complexity index is 897. The van der Waals surface area contributed by atoms with E-state index in [9.17, 15) is 4.79 Å². The van der Waals surface area contributed by atoms with E-state index in [1.54, 1.807) is 0 Å². The third-order valence-corrected chi connectivity index (χ3v) is 5.28. The molecule has 0 saturated heterocycles. The van der Waals surface area contributed by atoms with Gasteiger partial charge in [0, 0.05) is 11.1 Å². The van der Waals surface area contributed by atoms with Gasteiger partial charge < -0.3 is 9.64 Å². The van der Waals surface area contributed by atoms with Crippen molar-refractivity contribution in [2.24, 2.45) is 4.99 Å². The average molecular weight is 348 g/mol. The van der Waals surface area contributed by atoms with E-state index in [1.807, 2.05) is 48.2 Å². The van der Waals surface area contributed by atoms with Gasteiger partial charge in [-0.05, 0) is 62.9 Å². The molecule has 0 saturated carbocycles. The molecule has 1 unspecified atom stereocenters. The second-order valence-electron chi connectivity index (χ2n) is 7.69. The highest BCUT2D eigenvalue weighted by Crippen LogP contribution is 2.48. The van der Waals surface area contributed by atoms with Gasteiger partial charge in [-0.2, -0.15) is 0 Å². The number of carbonyl (C=O) groups excluding carboxylic acids is 1. The van der Waals surface area contributed by atoms with Gasteiger partial charge in [0.05, 0.1) is 18.0 Å². The molecule has 2 aliphatic heterocycles. The molecule has 4 heteroatoms. The number of anilines is 1. The van der Waals surface area contributed by atoms with Gasteiger partial charge in [0.25, 0.3) is 5.91 Å². The van der Waals surface area contributed by atoms with Crippen LogP contribution in [0.5, 0.6) is 5.75 Å². The van der Waals surface area contributed by atoms with Crippen molar-refractivity contribution in [3.63, 3.8) is 0 Å². The first-order valence-electron chi connectivity index (χ1n) is 9.22. The van der Waals surface area contributed by atoms with Crippen LogP contribution in [0.1, 0.15) is 51.2 Å². The lowest BCUT2D eigenvalue weighted by Crippen LogP contribution is -2.50. The smallest absolute Gasteiger partial charge is 0.278 e. The molecule has 4 nitrogen and oxygen atoms in total. The molecule has 0 bridgehead atoms. The highest BCUT2D eigenvalue weighted by atomic mass is 16.5. The summed E-state index contributed by atoms with van der Waals surface area (Å²) in [5.74, 6) is 1.23. The quantitative estimate of drug-likeness (QED) is 0.796. The molecule has 0 aliphatic carbocycles. The Kier molecular flexibility index (Phi) is 3.87. The van der Waals surface area contributed by atoms with Crippen LogP contribution in [0, 0.1) is 0 Å². The molecule has 26 heavy (non-hydrogen) atoms. The molecule has 0 aromatic heterocycles. The maximum atomic E-state index is 13.2. The summed E-state index contributed by atoms with van der Waals surface area (Å²) >= 11 is 0. The summed E-state index contributed by atoms with van der Waals surface area (Å²) in [5, 5.41) is 0. The molecule has 4 rings (SSSR count). The molecule has 1 amide bonds. The SMILES string of the molecule is CCOc1ccc(N=C2C(=O)N3c4c2cccc4C(C)CC3(C)C)cc1. The number of aliphatic imine (C=N–C) groups is 1. The van der Waals surface area contributed by atoms with Gasteiger partial charge in [0.2, 0.25) is 0 Å². The third kappa shape index (κ3) is 2.52. The Morgan fingerprint density at radius 2 is 1.92 bits per heavy atom. The van der Waals surface area contributed by atoms with Crippen molar-refractivity contribution >= 4 is 23.0 Å². The molecule has 0 N–H and O–H groups in total. The van der Waals surface area contributed by atoms with Crippen molar-refractivity contribution in [3.8, 4) is 5.75 Å². The Labute approximate surface area is 154 Å². The van der Waals surface area contributed by atoms with Gasteiger partial charge in [-0.25, -0.2) is 4.99 Å². The summed E-state index contributed by atoms with van der Waals surface area (Å²) in [5.41, 5.74) is 4.32. The van der Waals surface area contributed by atoms with Gasteiger partial charge in [0.15, 0.2) is 0 Å². The van der Waals surface area contributed by atoms with Crippen molar-refractivity contribution < 1.29 is 9.53 Å². The lowest BCUT2D eigenvalue weighted by atomic mass is 9.80. The Balaban J connectivity index is 1.82. The van der Waals surface area contributed by atoms with Crippen LogP contribution >= 0.6 is 0 Å². The fraction of sp³-hybridized carbons (Fsp3) is 0.364. The van der Waals surface area contributed by atoms with Crippen molar-refractivity contribution in [3.05, 3.63) is 53.6 Å². The summed E-state index contributed by atoms with van der Waals surface area (Å²) < 4.78 is 5.48. The second kappa shape index (κ2) is 5.97. The molecule has 0 fully saturated rings. The zero-order valence-electron chi connectivity index (χ0n) is 15.7. The zero-order chi connectivity index (χ0) is 18.5. The van der Waals surface area contributed by atoms with Crippen LogP contribution in [0.3, 0.4) is 0 Å². The first-order chi connectivity index (χ1) is 12.4. The van der Waals surface area contributed by atoms with Crippen LogP contribution < -0.4 is 9.64 Å². The number of hydrogen-bond acceptors (Lipinski definition) is 3. The minimum atomic E-state index is -0.213. The molecular formula is C22H24N2O2. The summed E-state index contributed by atoms with van der Waals surface area (Å²) in [6.07, 6.45) is 0.950. The van der Waals surface area contributed by atoms with Gasteiger partial charge in [0.1, 0.15) is 11.5 Å². The topological polar surface area (TPSA) is 41.9 Å². The Morgan fingerprint density at radius 1 is 1.19 bits per heavy atom. The van der Waals surface area contributed by atoms with Gasteiger partial charge in [-0.15, -0.1) is 0 Å². The predicted octanol–water partition coefficient (Wildman–Crippen LogP) is 4.84. The standard InChI is InChI=1S/C22H24N2O2/c1-5-26-16-11-9-15(10-12-16)23-19-18-8-6-7-17-14(2)13-22(3,4)24(20(17)18)21(19)25/h6-12,14H,5,13H2,1-4H3. The summed E-state index contributed by atoms with van der Waals surface area (Å²) in [6, 6.07) is 13.8.